The zero-order chi connectivity index (χ0) is 17.9. The van der Waals surface area contributed by atoms with E-state index in [1.54, 1.807) is 0 Å². The number of anilines is 1. The Kier molecular flexibility index (Phi) is 9.96. The van der Waals surface area contributed by atoms with Crippen molar-refractivity contribution in [2.24, 2.45) is 0 Å². The number of nitrogens with zero attached hydrogens (tertiary/aromatic N) is 2. The van der Waals surface area contributed by atoms with Crippen molar-refractivity contribution in [3.63, 3.8) is 0 Å². The second-order valence-electron chi connectivity index (χ2n) is 6.47. The average molecular weight is 389 g/mol. The summed E-state index contributed by atoms with van der Waals surface area (Å²) < 4.78 is 5.58. The number of halogens is 2. The molecule has 2 rings (SSSR count). The lowest BCUT2D eigenvalue weighted by Crippen LogP contribution is -2.37. The average Bonchev–Trinajstić information content (AvgIpc) is 2.66. The van der Waals surface area contributed by atoms with Gasteiger partial charge in [0.1, 0.15) is 6.23 Å². The van der Waals surface area contributed by atoms with E-state index in [9.17, 15) is 5.21 Å². The summed E-state index contributed by atoms with van der Waals surface area (Å²) >= 11 is 11.7. The number of hydroxylamine groups is 2. The molecule has 1 atom stereocenters. The summed E-state index contributed by atoms with van der Waals surface area (Å²) in [5.74, 6) is 1.20. The molecular formula is C19H30Cl2N2O2. The number of hydrogen-bond acceptors (Lipinski definition) is 4. The van der Waals surface area contributed by atoms with E-state index < -0.39 is 0 Å². The van der Waals surface area contributed by atoms with Crippen LogP contribution in [0.2, 0.25) is 0 Å². The first-order valence-corrected chi connectivity index (χ1v) is 10.3. The summed E-state index contributed by atoms with van der Waals surface area (Å²) in [5, 5.41) is 11.4. The topological polar surface area (TPSA) is 35.9 Å². The molecule has 25 heavy (non-hydrogen) atoms. The Morgan fingerprint density at radius 3 is 2.32 bits per heavy atom. The van der Waals surface area contributed by atoms with E-state index in [0.29, 0.717) is 18.3 Å². The van der Waals surface area contributed by atoms with Gasteiger partial charge in [-0.15, -0.1) is 23.2 Å². The third-order valence-electron chi connectivity index (χ3n) is 4.60. The molecule has 142 valence electrons. The molecule has 1 aromatic rings. The minimum Gasteiger partial charge on any atom is -0.369 e. The number of alkyl halides is 2. The molecule has 0 radical (unpaired) electrons. The molecule has 1 aromatic carbocycles. The molecule has 1 saturated heterocycles. The lowest BCUT2D eigenvalue weighted by atomic mass is 10.1. The van der Waals surface area contributed by atoms with E-state index in [-0.39, 0.29) is 6.23 Å². The van der Waals surface area contributed by atoms with Gasteiger partial charge >= 0.3 is 0 Å². The zero-order valence-electron chi connectivity index (χ0n) is 14.9. The highest BCUT2D eigenvalue weighted by Gasteiger charge is 2.19. The third-order valence-corrected chi connectivity index (χ3v) is 4.94. The zero-order valence-corrected chi connectivity index (χ0v) is 16.4. The molecule has 0 unspecified atom stereocenters. The fourth-order valence-electron chi connectivity index (χ4n) is 3.15. The van der Waals surface area contributed by atoms with Crippen molar-refractivity contribution in [1.29, 1.82) is 0 Å². The molecule has 0 amide bonds. The molecule has 0 saturated carbocycles. The maximum atomic E-state index is 10.1. The highest BCUT2D eigenvalue weighted by molar-refractivity contribution is 6.18. The van der Waals surface area contributed by atoms with E-state index in [1.165, 1.54) is 16.3 Å². The maximum absolute atomic E-state index is 10.1. The Balaban J connectivity index is 1.70. The van der Waals surface area contributed by atoms with Crippen molar-refractivity contribution in [3.05, 3.63) is 29.8 Å². The highest BCUT2D eigenvalue weighted by Crippen LogP contribution is 2.18. The summed E-state index contributed by atoms with van der Waals surface area (Å²) in [6.07, 6.45) is 6.09. The van der Waals surface area contributed by atoms with Crippen LogP contribution >= 0.6 is 23.2 Å². The Bertz CT molecular complexity index is 461. The standard InChI is InChI=1S/C19H30Cl2N2O2/c20-11-14-22(15-12-21)18-9-7-17(8-10-18)5-1-3-13-23(24)19-6-2-4-16-25-19/h7-10,19,24H,1-6,11-16H2/t19-/m1/s1. The molecule has 0 aliphatic carbocycles. The van der Waals surface area contributed by atoms with Gasteiger partial charge < -0.3 is 14.8 Å². The summed E-state index contributed by atoms with van der Waals surface area (Å²) in [6.45, 7) is 3.05. The van der Waals surface area contributed by atoms with Crippen LogP contribution in [0.4, 0.5) is 5.69 Å². The molecule has 1 heterocycles. The number of unbranched alkanes of at least 4 members (excludes halogenated alkanes) is 1. The quantitative estimate of drug-likeness (QED) is 0.343. The van der Waals surface area contributed by atoms with Crippen LogP contribution in [0.1, 0.15) is 37.7 Å². The van der Waals surface area contributed by atoms with Gasteiger partial charge in [-0.25, -0.2) is 0 Å². The Morgan fingerprint density at radius 2 is 1.72 bits per heavy atom. The fourth-order valence-corrected chi connectivity index (χ4v) is 3.56. The number of rotatable bonds is 11. The van der Waals surface area contributed by atoms with Crippen LogP contribution in [0.5, 0.6) is 0 Å². The van der Waals surface area contributed by atoms with Gasteiger partial charge in [0, 0.05) is 43.7 Å². The summed E-state index contributed by atoms with van der Waals surface area (Å²) in [6, 6.07) is 8.63. The van der Waals surface area contributed by atoms with Crippen LogP contribution in [-0.2, 0) is 11.2 Å². The summed E-state index contributed by atoms with van der Waals surface area (Å²) in [4.78, 5) is 2.21. The van der Waals surface area contributed by atoms with Gasteiger partial charge in [-0.2, -0.15) is 5.06 Å². The highest BCUT2D eigenvalue weighted by atomic mass is 35.5. The van der Waals surface area contributed by atoms with Gasteiger partial charge in [-0.1, -0.05) is 12.1 Å². The number of aryl methyl sites for hydroxylation is 1. The first-order chi connectivity index (χ1) is 12.2. The third kappa shape index (κ3) is 7.32. The Labute approximate surface area is 161 Å². The molecule has 1 N–H and O–H groups in total. The molecule has 0 spiro atoms. The molecule has 0 aromatic heterocycles. The first-order valence-electron chi connectivity index (χ1n) is 9.27. The predicted molar refractivity (Wildman–Crippen MR) is 105 cm³/mol. The van der Waals surface area contributed by atoms with Crippen LogP contribution in [0.15, 0.2) is 24.3 Å². The molecule has 0 bridgehead atoms. The molecule has 6 heteroatoms. The molecule has 1 aliphatic rings. The van der Waals surface area contributed by atoms with Gasteiger partial charge in [0.05, 0.1) is 0 Å². The number of hydrogen-bond donors (Lipinski definition) is 1. The lowest BCUT2D eigenvalue weighted by Gasteiger charge is -2.29. The van der Waals surface area contributed by atoms with Crippen LogP contribution in [0, 0.1) is 0 Å². The second-order valence-corrected chi connectivity index (χ2v) is 7.23. The molecule has 1 aliphatic heterocycles. The van der Waals surface area contributed by atoms with Gasteiger partial charge in [0.25, 0.3) is 0 Å². The predicted octanol–water partition coefficient (Wildman–Crippen LogP) is 4.51. The van der Waals surface area contributed by atoms with Crippen LogP contribution < -0.4 is 4.90 Å². The lowest BCUT2D eigenvalue weighted by molar-refractivity contribution is -0.227. The van der Waals surface area contributed by atoms with Gasteiger partial charge in [0.2, 0.25) is 0 Å². The molecule has 4 nitrogen and oxygen atoms in total. The number of benzene rings is 1. The SMILES string of the molecule is ON(CCCCc1ccc(N(CCCl)CCCl)cc1)[C@H]1CCCCO1. The van der Waals surface area contributed by atoms with E-state index >= 15 is 0 Å². The second kappa shape index (κ2) is 12.0. The van der Waals surface area contributed by atoms with E-state index in [2.05, 4.69) is 29.2 Å². The van der Waals surface area contributed by atoms with E-state index in [0.717, 1.165) is 58.2 Å². The van der Waals surface area contributed by atoms with Crippen molar-refractivity contribution in [3.8, 4) is 0 Å². The summed E-state index contributed by atoms with van der Waals surface area (Å²) in [5.41, 5.74) is 2.49. The van der Waals surface area contributed by atoms with Gasteiger partial charge in [0.15, 0.2) is 0 Å². The van der Waals surface area contributed by atoms with Crippen LogP contribution in [0.3, 0.4) is 0 Å². The van der Waals surface area contributed by atoms with Crippen molar-refractivity contribution in [2.75, 3.05) is 42.9 Å². The minimum atomic E-state index is -0.108. The van der Waals surface area contributed by atoms with Crippen LogP contribution in [-0.4, -0.2) is 54.5 Å². The van der Waals surface area contributed by atoms with Crippen molar-refractivity contribution >= 4 is 28.9 Å². The van der Waals surface area contributed by atoms with Crippen LogP contribution in [0.25, 0.3) is 0 Å². The fraction of sp³-hybridized carbons (Fsp3) is 0.684. The molecule has 1 fully saturated rings. The first kappa shape index (κ1) is 20.8. The monoisotopic (exact) mass is 388 g/mol. The van der Waals surface area contributed by atoms with E-state index in [4.69, 9.17) is 27.9 Å². The smallest absolute Gasteiger partial charge is 0.132 e. The van der Waals surface area contributed by atoms with E-state index in [1.807, 2.05) is 0 Å². The van der Waals surface area contributed by atoms with Gasteiger partial charge in [-0.05, 0) is 56.2 Å². The maximum Gasteiger partial charge on any atom is 0.132 e. The van der Waals surface area contributed by atoms with Crippen molar-refractivity contribution in [2.45, 2.75) is 44.8 Å². The Morgan fingerprint density at radius 1 is 1.00 bits per heavy atom. The largest absolute Gasteiger partial charge is 0.369 e. The van der Waals surface area contributed by atoms with Crippen molar-refractivity contribution in [1.82, 2.24) is 5.06 Å². The van der Waals surface area contributed by atoms with Gasteiger partial charge in [-0.3, -0.25) is 0 Å². The molecular weight excluding hydrogens is 359 g/mol. The Hall–Kier alpha value is -0.520. The number of ether oxygens (including phenoxy) is 1. The van der Waals surface area contributed by atoms with Crippen molar-refractivity contribution < 1.29 is 9.94 Å². The normalized spacial score (nSPS) is 17.8. The minimum absolute atomic E-state index is 0.108. The summed E-state index contributed by atoms with van der Waals surface area (Å²) in [7, 11) is 0.